The number of fused-ring (bicyclic) bond motifs is 1. The fraction of sp³-hybridized carbons (Fsp3) is 0.320. The number of methoxy groups -OCH3 is 2. The maximum absolute atomic E-state index is 14.1. The number of rotatable bonds is 7. The van der Waals surface area contributed by atoms with Crippen molar-refractivity contribution in [3.63, 3.8) is 0 Å². The molecular formula is C25H26FNO6. The minimum Gasteiger partial charge on any atom is -0.502 e. The molecule has 1 heterocycles. The van der Waals surface area contributed by atoms with Crippen LogP contribution >= 0.6 is 0 Å². The van der Waals surface area contributed by atoms with E-state index in [1.165, 1.54) is 26.4 Å². The molecule has 2 N–H and O–H groups in total. The Bertz CT molecular complexity index is 1110. The van der Waals surface area contributed by atoms with Crippen LogP contribution in [-0.2, 0) is 14.3 Å². The highest BCUT2D eigenvalue weighted by molar-refractivity contribution is 6.06. The lowest BCUT2D eigenvalue weighted by Gasteiger charge is -2.11. The zero-order valence-corrected chi connectivity index (χ0v) is 18.7. The molecule has 0 atom stereocenters. The van der Waals surface area contributed by atoms with Gasteiger partial charge in [-0.1, -0.05) is 6.07 Å². The number of allylic oxidation sites excluding steroid dienone is 2. The van der Waals surface area contributed by atoms with E-state index in [0.29, 0.717) is 13.2 Å². The number of carbonyl (C=O) groups excluding carboxylic acids is 1. The van der Waals surface area contributed by atoms with Crippen molar-refractivity contribution in [1.29, 1.82) is 0 Å². The van der Waals surface area contributed by atoms with E-state index in [0.717, 1.165) is 33.4 Å². The zero-order chi connectivity index (χ0) is 23.5. The molecule has 7 nitrogen and oxygen atoms in total. The molecule has 2 aromatic carbocycles. The Morgan fingerprint density at radius 3 is 2.45 bits per heavy atom. The van der Waals surface area contributed by atoms with Gasteiger partial charge in [-0.3, -0.25) is 4.79 Å². The number of phenolic OH excluding ortho intramolecular Hbond substituents is 1. The van der Waals surface area contributed by atoms with Crippen LogP contribution in [0.4, 0.5) is 4.39 Å². The first kappa shape index (κ1) is 22.8. The van der Waals surface area contributed by atoms with Gasteiger partial charge in [0.15, 0.2) is 17.8 Å². The average Bonchev–Trinajstić information content (AvgIpc) is 3.39. The highest BCUT2D eigenvalue weighted by Crippen LogP contribution is 2.44. The first-order valence-electron chi connectivity index (χ1n) is 10.6. The molecule has 0 unspecified atom stereocenters. The molecule has 4 rings (SSSR count). The van der Waals surface area contributed by atoms with E-state index in [2.05, 4.69) is 5.32 Å². The summed E-state index contributed by atoms with van der Waals surface area (Å²) >= 11 is 0. The SMILES string of the molecule is COc1cc(/C=C2/C(C)=C(CNC(=O)CC3OCCO3)c3cc(F)ccc32)cc(OC)c1O. The van der Waals surface area contributed by atoms with Crippen LogP contribution in [-0.4, -0.2) is 51.3 Å². The molecule has 1 fully saturated rings. The number of benzene rings is 2. The van der Waals surface area contributed by atoms with E-state index >= 15 is 0 Å². The first-order valence-corrected chi connectivity index (χ1v) is 10.6. The van der Waals surface area contributed by atoms with Crippen LogP contribution in [0.3, 0.4) is 0 Å². The van der Waals surface area contributed by atoms with Crippen molar-refractivity contribution in [2.45, 2.75) is 19.6 Å². The van der Waals surface area contributed by atoms with Crippen LogP contribution in [0.2, 0.25) is 0 Å². The summed E-state index contributed by atoms with van der Waals surface area (Å²) in [6.07, 6.45) is 1.51. The zero-order valence-electron chi connectivity index (χ0n) is 18.7. The second kappa shape index (κ2) is 9.64. The molecule has 174 valence electrons. The molecule has 33 heavy (non-hydrogen) atoms. The van der Waals surface area contributed by atoms with Crippen molar-refractivity contribution in [1.82, 2.24) is 5.32 Å². The van der Waals surface area contributed by atoms with Crippen LogP contribution in [0.5, 0.6) is 17.2 Å². The van der Waals surface area contributed by atoms with Crippen molar-refractivity contribution in [2.75, 3.05) is 34.0 Å². The molecule has 0 radical (unpaired) electrons. The lowest BCUT2D eigenvalue weighted by Crippen LogP contribution is -2.29. The number of nitrogens with one attached hydrogen (secondary N) is 1. The predicted octanol–water partition coefficient (Wildman–Crippen LogP) is 3.76. The Hall–Kier alpha value is -3.36. The molecule has 0 bridgehead atoms. The lowest BCUT2D eigenvalue weighted by atomic mass is 10.00. The van der Waals surface area contributed by atoms with E-state index in [9.17, 15) is 14.3 Å². The molecule has 1 aliphatic carbocycles. The van der Waals surface area contributed by atoms with Crippen molar-refractivity contribution >= 4 is 23.1 Å². The first-order chi connectivity index (χ1) is 15.9. The molecule has 2 aromatic rings. The van der Waals surface area contributed by atoms with E-state index in [1.807, 2.05) is 13.0 Å². The van der Waals surface area contributed by atoms with Gasteiger partial charge in [-0.05, 0) is 70.7 Å². The number of halogens is 1. The quantitative estimate of drug-likeness (QED) is 0.661. The maximum atomic E-state index is 14.1. The topological polar surface area (TPSA) is 86.3 Å². The number of hydrogen-bond donors (Lipinski definition) is 2. The third kappa shape index (κ3) is 4.72. The number of carbonyl (C=O) groups is 1. The van der Waals surface area contributed by atoms with Gasteiger partial charge in [0.2, 0.25) is 11.7 Å². The monoisotopic (exact) mass is 455 g/mol. The fourth-order valence-electron chi connectivity index (χ4n) is 4.08. The lowest BCUT2D eigenvalue weighted by molar-refractivity contribution is -0.129. The van der Waals surface area contributed by atoms with Crippen molar-refractivity contribution in [3.8, 4) is 17.2 Å². The third-order valence-electron chi connectivity index (χ3n) is 5.77. The third-order valence-corrected chi connectivity index (χ3v) is 5.77. The van der Waals surface area contributed by atoms with Crippen molar-refractivity contribution < 1.29 is 33.2 Å². The Morgan fingerprint density at radius 1 is 1.15 bits per heavy atom. The van der Waals surface area contributed by atoms with Gasteiger partial charge in [0.1, 0.15) is 5.82 Å². The summed E-state index contributed by atoms with van der Waals surface area (Å²) < 4.78 is 35.3. The van der Waals surface area contributed by atoms with Crippen LogP contribution in [0.1, 0.15) is 30.0 Å². The molecule has 1 aliphatic heterocycles. The van der Waals surface area contributed by atoms with Crippen LogP contribution in [0.15, 0.2) is 35.9 Å². The maximum Gasteiger partial charge on any atom is 0.225 e. The average molecular weight is 455 g/mol. The molecule has 0 saturated carbocycles. The van der Waals surface area contributed by atoms with Gasteiger partial charge in [0.25, 0.3) is 0 Å². The number of ether oxygens (including phenoxy) is 4. The number of amides is 1. The molecule has 2 aliphatic rings. The molecular weight excluding hydrogens is 429 g/mol. The van der Waals surface area contributed by atoms with Crippen LogP contribution < -0.4 is 14.8 Å². The Balaban J connectivity index is 1.66. The Kier molecular flexibility index (Phi) is 6.67. The summed E-state index contributed by atoms with van der Waals surface area (Å²) in [6, 6.07) is 8.01. The van der Waals surface area contributed by atoms with Gasteiger partial charge >= 0.3 is 0 Å². The highest BCUT2D eigenvalue weighted by atomic mass is 19.1. The van der Waals surface area contributed by atoms with Gasteiger partial charge in [-0.15, -0.1) is 0 Å². The van der Waals surface area contributed by atoms with Gasteiger partial charge in [0.05, 0.1) is 33.9 Å². The second-order valence-electron chi connectivity index (χ2n) is 7.78. The van der Waals surface area contributed by atoms with E-state index in [4.69, 9.17) is 18.9 Å². The Morgan fingerprint density at radius 2 is 1.82 bits per heavy atom. The van der Waals surface area contributed by atoms with Crippen LogP contribution in [0, 0.1) is 5.82 Å². The summed E-state index contributed by atoms with van der Waals surface area (Å²) in [6.45, 7) is 3.14. The Labute approximate surface area is 191 Å². The minimum atomic E-state index is -0.525. The minimum absolute atomic E-state index is 0.0815. The molecule has 8 heteroatoms. The van der Waals surface area contributed by atoms with Crippen molar-refractivity contribution in [2.24, 2.45) is 0 Å². The van der Waals surface area contributed by atoms with E-state index in [1.54, 1.807) is 18.2 Å². The summed E-state index contributed by atoms with van der Waals surface area (Å²) in [5.41, 5.74) is 4.94. The summed E-state index contributed by atoms with van der Waals surface area (Å²) in [7, 11) is 2.93. The molecule has 1 saturated heterocycles. The molecule has 1 amide bonds. The predicted molar refractivity (Wildman–Crippen MR) is 121 cm³/mol. The van der Waals surface area contributed by atoms with Gasteiger partial charge < -0.3 is 29.4 Å². The highest BCUT2D eigenvalue weighted by Gasteiger charge is 2.26. The molecule has 0 spiro atoms. The number of hydrogen-bond acceptors (Lipinski definition) is 6. The normalized spacial score (nSPS) is 16.9. The van der Waals surface area contributed by atoms with Gasteiger partial charge in [-0.25, -0.2) is 4.39 Å². The standard InChI is InChI=1S/C25H26FNO6/c1-14-18(8-15-9-21(30-2)25(29)22(10-15)31-3)17-5-4-16(26)11-19(17)20(14)13-27-23(28)12-24-32-6-7-33-24/h4-5,8-11,24,29H,6-7,12-13H2,1-3H3,(H,27,28)/b18-8-. The summed E-state index contributed by atoms with van der Waals surface area (Å²) in [4.78, 5) is 12.4. The largest absolute Gasteiger partial charge is 0.502 e. The van der Waals surface area contributed by atoms with E-state index in [-0.39, 0.29) is 41.9 Å². The van der Waals surface area contributed by atoms with Crippen LogP contribution in [0.25, 0.3) is 17.2 Å². The van der Waals surface area contributed by atoms with Crippen molar-refractivity contribution in [3.05, 3.63) is 58.4 Å². The fourth-order valence-corrected chi connectivity index (χ4v) is 4.08. The molecule has 0 aromatic heterocycles. The number of phenols is 1. The summed E-state index contributed by atoms with van der Waals surface area (Å²) in [5.74, 6) is -0.0760. The van der Waals surface area contributed by atoms with Gasteiger partial charge in [-0.2, -0.15) is 0 Å². The number of aromatic hydroxyl groups is 1. The summed E-state index contributed by atoms with van der Waals surface area (Å²) in [5, 5.41) is 13.1. The smallest absolute Gasteiger partial charge is 0.225 e. The van der Waals surface area contributed by atoms with Gasteiger partial charge in [0, 0.05) is 6.54 Å². The second-order valence-corrected chi connectivity index (χ2v) is 7.78. The van der Waals surface area contributed by atoms with E-state index < -0.39 is 6.29 Å².